The van der Waals surface area contributed by atoms with Crippen LogP contribution < -0.4 is 5.73 Å². The molecule has 0 saturated carbocycles. The van der Waals surface area contributed by atoms with Crippen LogP contribution in [0.5, 0.6) is 0 Å². The molecule has 0 aliphatic rings. The molecule has 0 amide bonds. The second-order valence-electron chi connectivity index (χ2n) is 16.8. The van der Waals surface area contributed by atoms with E-state index in [1.165, 1.54) is 128 Å². The van der Waals surface area contributed by atoms with Gasteiger partial charge in [-0.1, -0.05) is 162 Å². The minimum absolute atomic E-state index is 0.0370. The molecule has 322 valence electrons. The van der Waals surface area contributed by atoms with Crippen LogP contribution >= 0.6 is 0 Å². The highest BCUT2D eigenvalue weighted by Gasteiger charge is 2.16. The molecule has 0 radical (unpaired) electrons. The molecule has 6 heteroatoms. The van der Waals surface area contributed by atoms with Crippen LogP contribution in [0.25, 0.3) is 0 Å². The number of unbranched alkanes of at least 4 members (excludes halogenated alkanes) is 24. The van der Waals surface area contributed by atoms with Crippen molar-refractivity contribution >= 4 is 11.8 Å². The van der Waals surface area contributed by atoms with E-state index in [-0.39, 0.29) is 24.3 Å². The van der Waals surface area contributed by atoms with Crippen molar-refractivity contribution in [3.63, 3.8) is 0 Å². The van der Waals surface area contributed by atoms with E-state index in [1.807, 2.05) is 0 Å². The lowest BCUT2D eigenvalue weighted by Gasteiger charge is -2.21. The van der Waals surface area contributed by atoms with Gasteiger partial charge in [-0.25, -0.2) is 0 Å². The molecule has 3 N–H and O–H groups in total. The van der Waals surface area contributed by atoms with Crippen molar-refractivity contribution in [3.05, 3.63) is 0 Å². The molecular formula is C48H95NO5. The van der Waals surface area contributed by atoms with E-state index in [1.54, 1.807) is 0 Å². The van der Waals surface area contributed by atoms with Gasteiger partial charge in [-0.05, 0) is 90.0 Å². The number of aliphatic hydroxyl groups excluding tert-OH is 1. The highest BCUT2D eigenvalue weighted by Crippen LogP contribution is 2.20. The predicted octanol–water partition coefficient (Wildman–Crippen LogP) is 14.1. The van der Waals surface area contributed by atoms with Crippen LogP contribution in [0.4, 0.5) is 0 Å². The van der Waals surface area contributed by atoms with Crippen molar-refractivity contribution in [2.24, 2.45) is 5.73 Å². The lowest BCUT2D eigenvalue weighted by Crippen LogP contribution is -2.22. The standard InChI is InChI=1S/C48H95NO5/c1-4-7-10-12-21-26-37-46(38-27-22-13-11-8-5-2)54-48(52)40-28-23-19-17-15-14-16-18-20-24-33-42-53-47(43-45(51)36-31-32-41-49)39-30-29-35-44(50)34-25-9-6-3/h45-47,51H,4-43,49H2,1-3H3. The summed E-state index contributed by atoms with van der Waals surface area (Å²) in [6.07, 6.45) is 42.4. The normalized spacial score (nSPS) is 12.8. The second kappa shape index (κ2) is 43.1. The van der Waals surface area contributed by atoms with Crippen molar-refractivity contribution in [1.82, 2.24) is 0 Å². The number of aliphatic hydroxyl groups is 1. The largest absolute Gasteiger partial charge is 0.462 e. The van der Waals surface area contributed by atoms with Gasteiger partial charge in [-0.2, -0.15) is 0 Å². The van der Waals surface area contributed by atoms with Crippen LogP contribution in [0.3, 0.4) is 0 Å². The third-order valence-electron chi connectivity index (χ3n) is 11.3. The van der Waals surface area contributed by atoms with Gasteiger partial charge in [0.1, 0.15) is 11.9 Å². The van der Waals surface area contributed by atoms with Gasteiger partial charge in [0.25, 0.3) is 0 Å². The van der Waals surface area contributed by atoms with Crippen molar-refractivity contribution < 1.29 is 24.2 Å². The molecule has 0 bridgehead atoms. The Balaban J connectivity index is 4.05. The minimum atomic E-state index is -0.328. The monoisotopic (exact) mass is 766 g/mol. The van der Waals surface area contributed by atoms with Crippen LogP contribution in [-0.4, -0.2) is 48.3 Å². The van der Waals surface area contributed by atoms with Gasteiger partial charge in [0.05, 0.1) is 12.2 Å². The van der Waals surface area contributed by atoms with Gasteiger partial charge in [0, 0.05) is 25.9 Å². The molecule has 0 fully saturated rings. The van der Waals surface area contributed by atoms with E-state index in [0.717, 1.165) is 103 Å². The van der Waals surface area contributed by atoms with Crippen molar-refractivity contribution in [2.75, 3.05) is 13.2 Å². The SMILES string of the molecule is CCCCCCCCC(CCCCCCCC)OC(=O)CCCCCCCCCCCCCOC(CCCCC(=O)CCCCC)CC(O)CCCCN. The number of carbonyl (C=O) groups is 2. The first-order chi connectivity index (χ1) is 26.5. The fourth-order valence-electron chi connectivity index (χ4n) is 7.63. The minimum Gasteiger partial charge on any atom is -0.462 e. The first kappa shape index (κ1) is 53.0. The number of ketones is 1. The van der Waals surface area contributed by atoms with Gasteiger partial charge < -0.3 is 20.3 Å². The molecule has 0 spiro atoms. The molecule has 0 aliphatic carbocycles. The van der Waals surface area contributed by atoms with Gasteiger partial charge in [-0.15, -0.1) is 0 Å². The molecule has 6 nitrogen and oxygen atoms in total. The zero-order valence-electron chi connectivity index (χ0n) is 36.7. The maximum atomic E-state index is 12.7. The second-order valence-corrected chi connectivity index (χ2v) is 16.8. The van der Waals surface area contributed by atoms with Gasteiger partial charge in [0.2, 0.25) is 0 Å². The predicted molar refractivity (Wildman–Crippen MR) is 232 cm³/mol. The van der Waals surface area contributed by atoms with E-state index >= 15 is 0 Å². The fraction of sp³-hybridized carbons (Fsp3) is 0.958. The summed E-state index contributed by atoms with van der Waals surface area (Å²) < 4.78 is 12.3. The maximum absolute atomic E-state index is 12.7. The molecule has 0 aliphatic heterocycles. The molecule has 0 aromatic carbocycles. The first-order valence-corrected chi connectivity index (χ1v) is 24.2. The number of carbonyl (C=O) groups excluding carboxylic acids is 2. The third kappa shape index (κ3) is 39.3. The Labute approximate surface area is 337 Å². The maximum Gasteiger partial charge on any atom is 0.306 e. The number of ether oxygens (including phenoxy) is 2. The van der Waals surface area contributed by atoms with E-state index in [4.69, 9.17) is 15.2 Å². The highest BCUT2D eigenvalue weighted by atomic mass is 16.5. The van der Waals surface area contributed by atoms with E-state index in [2.05, 4.69) is 20.8 Å². The van der Waals surface area contributed by atoms with Crippen molar-refractivity contribution in [1.29, 1.82) is 0 Å². The van der Waals surface area contributed by atoms with Crippen LogP contribution in [0.15, 0.2) is 0 Å². The average Bonchev–Trinajstić information content (AvgIpc) is 3.16. The molecule has 0 aromatic heterocycles. The molecule has 0 rings (SSSR count). The zero-order valence-corrected chi connectivity index (χ0v) is 36.7. The van der Waals surface area contributed by atoms with Crippen LogP contribution in [0.2, 0.25) is 0 Å². The quantitative estimate of drug-likeness (QED) is 0.0473. The molecule has 54 heavy (non-hydrogen) atoms. The first-order valence-electron chi connectivity index (χ1n) is 24.2. The number of hydrogen-bond donors (Lipinski definition) is 2. The van der Waals surface area contributed by atoms with Gasteiger partial charge in [-0.3, -0.25) is 9.59 Å². The summed E-state index contributed by atoms with van der Waals surface area (Å²) in [7, 11) is 0. The van der Waals surface area contributed by atoms with E-state index in [9.17, 15) is 14.7 Å². The number of nitrogens with two attached hydrogens (primary N) is 1. The Morgan fingerprint density at radius 1 is 0.463 bits per heavy atom. The Morgan fingerprint density at radius 2 is 0.852 bits per heavy atom. The Kier molecular flexibility index (Phi) is 42.4. The van der Waals surface area contributed by atoms with Crippen molar-refractivity contribution in [3.8, 4) is 0 Å². The van der Waals surface area contributed by atoms with Crippen LogP contribution in [0.1, 0.15) is 265 Å². The van der Waals surface area contributed by atoms with Gasteiger partial charge in [0.15, 0.2) is 0 Å². The van der Waals surface area contributed by atoms with E-state index < -0.39 is 0 Å². The molecule has 0 aromatic rings. The summed E-state index contributed by atoms with van der Waals surface area (Å²) >= 11 is 0. The Morgan fingerprint density at radius 3 is 1.39 bits per heavy atom. The topological polar surface area (TPSA) is 98.8 Å². The van der Waals surface area contributed by atoms with Crippen LogP contribution in [-0.2, 0) is 19.1 Å². The van der Waals surface area contributed by atoms with E-state index in [0.29, 0.717) is 31.6 Å². The van der Waals surface area contributed by atoms with Crippen LogP contribution in [0, 0.1) is 0 Å². The molecule has 2 unspecified atom stereocenters. The summed E-state index contributed by atoms with van der Waals surface area (Å²) in [5, 5.41) is 10.6. The lowest BCUT2D eigenvalue weighted by molar-refractivity contribution is -0.150. The molecule has 2 atom stereocenters. The molecular weight excluding hydrogens is 671 g/mol. The molecule has 0 heterocycles. The number of esters is 1. The summed E-state index contributed by atoms with van der Waals surface area (Å²) in [6, 6.07) is 0. The van der Waals surface area contributed by atoms with Gasteiger partial charge >= 0.3 is 5.97 Å². The Hall–Kier alpha value is -0.980. The summed E-state index contributed by atoms with van der Waals surface area (Å²) in [6.45, 7) is 8.15. The number of rotatable bonds is 45. The van der Waals surface area contributed by atoms with Crippen molar-refractivity contribution in [2.45, 2.75) is 283 Å². The highest BCUT2D eigenvalue weighted by molar-refractivity contribution is 5.78. The fourth-order valence-corrected chi connectivity index (χ4v) is 7.63. The smallest absolute Gasteiger partial charge is 0.306 e. The third-order valence-corrected chi connectivity index (χ3v) is 11.3. The molecule has 0 saturated heterocycles. The lowest BCUT2D eigenvalue weighted by atomic mass is 10.00. The number of Topliss-reactive ketones (excluding diaryl/α,β-unsaturated/α-hetero) is 1. The Bertz CT molecular complexity index is 760. The summed E-state index contributed by atoms with van der Waals surface area (Å²) in [4.78, 5) is 24.8. The average molecular weight is 766 g/mol. The zero-order chi connectivity index (χ0) is 39.6. The number of hydrogen-bond acceptors (Lipinski definition) is 6. The summed E-state index contributed by atoms with van der Waals surface area (Å²) in [5.41, 5.74) is 5.63. The summed E-state index contributed by atoms with van der Waals surface area (Å²) in [5.74, 6) is 0.437.